The first kappa shape index (κ1) is 26.0. The molecule has 0 radical (unpaired) electrons. The van der Waals surface area contributed by atoms with E-state index in [1.54, 1.807) is 28.4 Å². The number of nitrogens with zero attached hydrogens (tertiary/aromatic N) is 1. The number of fused-ring (bicyclic) bond motifs is 1. The molecular formula is C26H31NO5S2. The number of hydrogen-bond donors (Lipinski definition) is 0. The highest BCUT2D eigenvalue weighted by atomic mass is 32.2. The van der Waals surface area contributed by atoms with E-state index in [1.807, 2.05) is 62.4 Å². The van der Waals surface area contributed by atoms with Crippen molar-refractivity contribution in [2.24, 2.45) is 5.92 Å². The Labute approximate surface area is 210 Å². The fraction of sp³-hybridized carbons (Fsp3) is 0.385. The Balaban J connectivity index is 1.92. The van der Waals surface area contributed by atoms with Crippen LogP contribution in [0.1, 0.15) is 25.0 Å². The maximum absolute atomic E-state index is 13.7. The molecule has 0 aromatic heterocycles. The van der Waals surface area contributed by atoms with Gasteiger partial charge in [0.25, 0.3) is 0 Å². The zero-order valence-electron chi connectivity index (χ0n) is 19.8. The maximum atomic E-state index is 13.7. The van der Waals surface area contributed by atoms with Gasteiger partial charge in [-0.25, -0.2) is 0 Å². The quantitative estimate of drug-likeness (QED) is 0.295. The van der Waals surface area contributed by atoms with Crippen LogP contribution in [0.3, 0.4) is 0 Å². The summed E-state index contributed by atoms with van der Waals surface area (Å²) in [6, 6.07) is 15.3. The normalized spacial score (nSPS) is 12.9. The number of esters is 1. The van der Waals surface area contributed by atoms with Crippen LogP contribution in [0.5, 0.6) is 11.5 Å². The number of benzene rings is 2. The minimum atomic E-state index is -0.725. The predicted octanol–water partition coefficient (Wildman–Crippen LogP) is 5.12. The van der Waals surface area contributed by atoms with Gasteiger partial charge in [0.05, 0.1) is 13.7 Å². The smallest absolute Gasteiger partial charge is 0.314 e. The highest BCUT2D eigenvalue weighted by molar-refractivity contribution is 8.18. The molecule has 1 amide bonds. The van der Waals surface area contributed by atoms with Crippen molar-refractivity contribution < 1.29 is 23.8 Å². The van der Waals surface area contributed by atoms with Crippen molar-refractivity contribution in [3.8, 4) is 11.5 Å². The molecule has 1 atom stereocenters. The van der Waals surface area contributed by atoms with E-state index in [-0.39, 0.29) is 17.3 Å². The van der Waals surface area contributed by atoms with Crippen LogP contribution < -0.4 is 9.47 Å². The number of thioether (sulfide) groups is 2. The molecule has 1 heterocycles. The van der Waals surface area contributed by atoms with Gasteiger partial charge in [0.15, 0.2) is 11.5 Å². The van der Waals surface area contributed by atoms with E-state index in [2.05, 4.69) is 6.58 Å². The van der Waals surface area contributed by atoms with Gasteiger partial charge < -0.3 is 19.1 Å². The van der Waals surface area contributed by atoms with Gasteiger partial charge >= 0.3 is 5.97 Å². The summed E-state index contributed by atoms with van der Waals surface area (Å²) in [6.45, 7) is 8.82. The van der Waals surface area contributed by atoms with E-state index in [0.717, 1.165) is 22.6 Å². The molecule has 0 spiro atoms. The van der Waals surface area contributed by atoms with E-state index in [4.69, 9.17) is 14.2 Å². The first-order valence-electron chi connectivity index (χ1n) is 11.2. The first-order chi connectivity index (χ1) is 16.5. The lowest BCUT2D eigenvalue weighted by atomic mass is 9.95. The number of amides is 1. The summed E-state index contributed by atoms with van der Waals surface area (Å²) in [5, 5.41) is 0. The van der Waals surface area contributed by atoms with Crippen LogP contribution in [0.4, 0.5) is 0 Å². The highest BCUT2D eigenvalue weighted by Crippen LogP contribution is 2.35. The summed E-state index contributed by atoms with van der Waals surface area (Å²) >= 11 is 3.19. The van der Waals surface area contributed by atoms with E-state index in [0.29, 0.717) is 30.2 Å². The van der Waals surface area contributed by atoms with Gasteiger partial charge in [-0.3, -0.25) is 9.59 Å². The Bertz CT molecular complexity index is 992. The number of ether oxygens (including phenoxy) is 3. The molecular weight excluding hydrogens is 470 g/mol. The number of methoxy groups -OCH3 is 1. The van der Waals surface area contributed by atoms with Gasteiger partial charge in [0, 0.05) is 5.70 Å². The van der Waals surface area contributed by atoms with Crippen LogP contribution >= 0.6 is 23.5 Å². The summed E-state index contributed by atoms with van der Waals surface area (Å²) in [4.78, 5) is 28.3. The molecule has 0 N–H and O–H groups in total. The molecule has 0 saturated heterocycles. The van der Waals surface area contributed by atoms with Crippen LogP contribution in [0.2, 0.25) is 0 Å². The van der Waals surface area contributed by atoms with Gasteiger partial charge in [-0.15, -0.1) is 23.5 Å². The van der Waals surface area contributed by atoms with Crippen LogP contribution in [0.25, 0.3) is 0 Å². The second-order valence-corrected chi connectivity index (χ2v) is 10.7. The molecule has 1 aliphatic heterocycles. The lowest BCUT2D eigenvalue weighted by Crippen LogP contribution is -2.40. The van der Waals surface area contributed by atoms with Crippen LogP contribution in [-0.4, -0.2) is 46.8 Å². The highest BCUT2D eigenvalue weighted by Gasteiger charge is 2.33. The van der Waals surface area contributed by atoms with Crippen molar-refractivity contribution in [1.29, 1.82) is 0 Å². The lowest BCUT2D eigenvalue weighted by Gasteiger charge is -2.32. The zero-order valence-corrected chi connectivity index (χ0v) is 21.5. The van der Waals surface area contributed by atoms with E-state index < -0.39 is 11.9 Å². The summed E-state index contributed by atoms with van der Waals surface area (Å²) in [6.07, 6.45) is 0.327. The van der Waals surface area contributed by atoms with Crippen molar-refractivity contribution in [2.45, 2.75) is 31.4 Å². The lowest BCUT2D eigenvalue weighted by molar-refractivity contribution is -0.145. The molecule has 3 rings (SSSR count). The molecule has 0 aliphatic carbocycles. The van der Waals surface area contributed by atoms with E-state index in [9.17, 15) is 9.59 Å². The Morgan fingerprint density at radius 2 is 1.71 bits per heavy atom. The molecule has 2 aromatic rings. The fourth-order valence-corrected chi connectivity index (χ4v) is 6.03. The van der Waals surface area contributed by atoms with Gasteiger partial charge in [-0.1, -0.05) is 56.8 Å². The third kappa shape index (κ3) is 6.51. The summed E-state index contributed by atoms with van der Waals surface area (Å²) in [5.41, 5.74) is 2.26. The minimum Gasteiger partial charge on any atom is -0.468 e. The van der Waals surface area contributed by atoms with Crippen LogP contribution in [0.15, 0.2) is 60.8 Å². The molecule has 0 fully saturated rings. The standard InChI is InChI=1S/C26H31NO5S2/c1-5-33-26(34-6-2)24(28)27(16-19-10-8-7-9-11-19)18(3)21(25(29)30-4)14-20-12-13-22-23(15-20)32-17-31-22/h7-13,15,21,26H,3,5-6,14,16-17H2,1-2,4H3. The zero-order chi connectivity index (χ0) is 24.5. The molecule has 8 heteroatoms. The fourth-order valence-electron chi connectivity index (χ4n) is 3.68. The number of carbonyl (C=O) groups is 2. The Hall–Kier alpha value is -2.58. The molecule has 0 saturated carbocycles. The minimum absolute atomic E-state index is 0.0628. The van der Waals surface area contributed by atoms with Gasteiger partial charge in [0.2, 0.25) is 12.7 Å². The van der Waals surface area contributed by atoms with Crippen LogP contribution in [-0.2, 0) is 27.3 Å². The van der Waals surface area contributed by atoms with Crippen LogP contribution in [0, 0.1) is 5.92 Å². The Kier molecular flexibility index (Phi) is 9.77. The maximum Gasteiger partial charge on any atom is 0.314 e. The molecule has 182 valence electrons. The molecule has 1 aliphatic rings. The largest absolute Gasteiger partial charge is 0.468 e. The third-order valence-electron chi connectivity index (χ3n) is 5.40. The summed E-state index contributed by atoms with van der Waals surface area (Å²) < 4.78 is 15.7. The monoisotopic (exact) mass is 501 g/mol. The molecule has 34 heavy (non-hydrogen) atoms. The van der Waals surface area contributed by atoms with Gasteiger partial charge in [-0.05, 0) is 41.2 Å². The number of carbonyl (C=O) groups excluding carboxylic acids is 2. The predicted molar refractivity (Wildman–Crippen MR) is 138 cm³/mol. The molecule has 1 unspecified atom stereocenters. The Morgan fingerprint density at radius 1 is 1.03 bits per heavy atom. The van der Waals surface area contributed by atoms with Gasteiger partial charge in [-0.2, -0.15) is 0 Å². The van der Waals surface area contributed by atoms with Crippen molar-refractivity contribution in [1.82, 2.24) is 4.90 Å². The van der Waals surface area contributed by atoms with E-state index >= 15 is 0 Å². The van der Waals surface area contributed by atoms with Crippen molar-refractivity contribution in [3.63, 3.8) is 0 Å². The molecule has 0 bridgehead atoms. The molecule has 2 aromatic carbocycles. The van der Waals surface area contributed by atoms with Gasteiger partial charge in [0.1, 0.15) is 10.5 Å². The Morgan fingerprint density at radius 3 is 2.35 bits per heavy atom. The average molecular weight is 502 g/mol. The number of hydrogen-bond acceptors (Lipinski definition) is 7. The van der Waals surface area contributed by atoms with E-state index in [1.165, 1.54) is 7.11 Å². The van der Waals surface area contributed by atoms with Crippen molar-refractivity contribution >= 4 is 35.4 Å². The first-order valence-corrected chi connectivity index (χ1v) is 13.3. The van der Waals surface area contributed by atoms with Crippen molar-refractivity contribution in [3.05, 3.63) is 71.9 Å². The SMILES string of the molecule is C=C(C(Cc1ccc2c(c1)OCO2)C(=O)OC)N(Cc1ccccc1)C(=O)C(SCC)SCC. The third-order valence-corrected chi connectivity index (χ3v) is 7.89. The summed E-state index contributed by atoms with van der Waals surface area (Å²) in [5.74, 6) is 1.72. The molecule has 6 nitrogen and oxygen atoms in total. The second kappa shape index (κ2) is 12.8. The topological polar surface area (TPSA) is 65.1 Å². The summed E-state index contributed by atoms with van der Waals surface area (Å²) in [7, 11) is 1.36. The average Bonchev–Trinajstić information content (AvgIpc) is 3.33. The van der Waals surface area contributed by atoms with Crippen molar-refractivity contribution in [2.75, 3.05) is 25.4 Å². The number of rotatable bonds is 12. The second-order valence-electron chi connectivity index (χ2n) is 7.61.